The van der Waals surface area contributed by atoms with Crippen molar-refractivity contribution < 1.29 is 4.74 Å². The van der Waals surface area contributed by atoms with Gasteiger partial charge in [0.2, 0.25) is 5.88 Å². The van der Waals surface area contributed by atoms with Gasteiger partial charge in [-0.15, -0.1) is 0 Å². The average Bonchev–Trinajstić information content (AvgIpc) is 2.69. The summed E-state index contributed by atoms with van der Waals surface area (Å²) in [6.07, 6.45) is 3.38. The molecule has 0 N–H and O–H groups in total. The number of hydrogen-bond donors (Lipinski definition) is 0. The molecule has 2 aromatic heterocycles. The Hall–Kier alpha value is -3.47. The van der Waals surface area contributed by atoms with Crippen molar-refractivity contribution in [2.24, 2.45) is 0 Å². The average molecular weight is 342 g/mol. The molecule has 2 aromatic carbocycles. The molecular weight excluding hydrogens is 324 g/mol. The molecule has 128 valence electrons. The first-order valence-electron chi connectivity index (χ1n) is 8.35. The van der Waals surface area contributed by atoms with Gasteiger partial charge in [0.15, 0.2) is 0 Å². The molecule has 0 amide bonds. The number of hydrogen-bond acceptors (Lipinski definition) is 5. The van der Waals surface area contributed by atoms with Gasteiger partial charge < -0.3 is 9.64 Å². The van der Waals surface area contributed by atoms with Crippen LogP contribution in [0, 0.1) is 6.92 Å². The Labute approximate surface area is 151 Å². The van der Waals surface area contributed by atoms with Gasteiger partial charge in [0.25, 0.3) is 0 Å². The lowest BCUT2D eigenvalue weighted by Gasteiger charge is -2.20. The highest BCUT2D eigenvalue weighted by Gasteiger charge is 2.10. The molecule has 0 aliphatic carbocycles. The molecule has 4 aromatic rings. The second kappa shape index (κ2) is 6.80. The Balaban J connectivity index is 1.58. The van der Waals surface area contributed by atoms with E-state index in [0.717, 1.165) is 33.7 Å². The molecule has 5 heteroatoms. The summed E-state index contributed by atoms with van der Waals surface area (Å²) in [4.78, 5) is 15.1. The molecule has 0 saturated carbocycles. The van der Waals surface area contributed by atoms with Gasteiger partial charge >= 0.3 is 0 Å². The number of fused-ring (bicyclic) bond motifs is 1. The van der Waals surface area contributed by atoms with Crippen molar-refractivity contribution in [3.05, 3.63) is 78.8 Å². The Morgan fingerprint density at radius 3 is 2.42 bits per heavy atom. The summed E-state index contributed by atoms with van der Waals surface area (Å²) in [5.74, 6) is 2.19. The number of anilines is 2. The highest BCUT2D eigenvalue weighted by molar-refractivity contribution is 5.91. The van der Waals surface area contributed by atoms with Gasteiger partial charge in [0, 0.05) is 30.4 Å². The maximum Gasteiger partial charge on any atom is 0.219 e. The third-order valence-electron chi connectivity index (χ3n) is 4.17. The van der Waals surface area contributed by atoms with Crippen molar-refractivity contribution in [3.63, 3.8) is 0 Å². The maximum atomic E-state index is 5.79. The van der Waals surface area contributed by atoms with E-state index < -0.39 is 0 Å². The SMILES string of the molecule is Cc1ccc(Oc2ccc(N(C)c3ncnc4ccccc34)cc2)nc1. The smallest absolute Gasteiger partial charge is 0.219 e. The highest BCUT2D eigenvalue weighted by Crippen LogP contribution is 2.29. The van der Waals surface area contributed by atoms with Crippen molar-refractivity contribution in [1.29, 1.82) is 0 Å². The van der Waals surface area contributed by atoms with E-state index in [4.69, 9.17) is 4.74 Å². The fraction of sp³-hybridized carbons (Fsp3) is 0.0952. The second-order valence-corrected chi connectivity index (χ2v) is 6.04. The van der Waals surface area contributed by atoms with Crippen LogP contribution in [0.25, 0.3) is 10.9 Å². The molecule has 0 atom stereocenters. The summed E-state index contributed by atoms with van der Waals surface area (Å²) < 4.78 is 5.79. The lowest BCUT2D eigenvalue weighted by atomic mass is 10.2. The summed E-state index contributed by atoms with van der Waals surface area (Å²) in [6, 6.07) is 19.7. The third kappa shape index (κ3) is 3.19. The van der Waals surface area contributed by atoms with Crippen LogP contribution >= 0.6 is 0 Å². The van der Waals surface area contributed by atoms with Crippen LogP contribution in [0.15, 0.2) is 73.2 Å². The van der Waals surface area contributed by atoms with E-state index in [1.807, 2.05) is 79.5 Å². The predicted octanol–water partition coefficient (Wildman–Crippen LogP) is 4.89. The van der Waals surface area contributed by atoms with E-state index in [2.05, 4.69) is 15.0 Å². The zero-order valence-electron chi connectivity index (χ0n) is 14.6. The summed E-state index contributed by atoms with van der Waals surface area (Å²) in [5.41, 5.74) is 3.04. The molecule has 2 heterocycles. The molecule has 0 aliphatic rings. The van der Waals surface area contributed by atoms with E-state index in [1.165, 1.54) is 0 Å². The van der Waals surface area contributed by atoms with Crippen LogP contribution in [0.4, 0.5) is 11.5 Å². The first kappa shape index (κ1) is 16.0. The molecule has 5 nitrogen and oxygen atoms in total. The Kier molecular flexibility index (Phi) is 4.19. The number of ether oxygens (including phenoxy) is 1. The molecule has 0 aliphatic heterocycles. The summed E-state index contributed by atoms with van der Waals surface area (Å²) in [6.45, 7) is 2.00. The summed E-state index contributed by atoms with van der Waals surface area (Å²) in [5, 5.41) is 1.02. The molecule has 0 radical (unpaired) electrons. The van der Waals surface area contributed by atoms with Crippen LogP contribution in [0.2, 0.25) is 0 Å². The predicted molar refractivity (Wildman–Crippen MR) is 103 cm³/mol. The minimum absolute atomic E-state index is 0.582. The maximum absolute atomic E-state index is 5.79. The number of benzene rings is 2. The van der Waals surface area contributed by atoms with Gasteiger partial charge in [-0.1, -0.05) is 18.2 Å². The van der Waals surface area contributed by atoms with Crippen LogP contribution < -0.4 is 9.64 Å². The third-order valence-corrected chi connectivity index (χ3v) is 4.17. The highest BCUT2D eigenvalue weighted by atomic mass is 16.5. The fourth-order valence-electron chi connectivity index (χ4n) is 2.75. The number of aryl methyl sites for hydroxylation is 1. The van der Waals surface area contributed by atoms with E-state index in [9.17, 15) is 0 Å². The van der Waals surface area contributed by atoms with Crippen molar-refractivity contribution in [3.8, 4) is 11.6 Å². The van der Waals surface area contributed by atoms with Crippen LogP contribution in [0.3, 0.4) is 0 Å². The molecule has 0 saturated heterocycles. The van der Waals surface area contributed by atoms with Gasteiger partial charge in [0.1, 0.15) is 17.9 Å². The lowest BCUT2D eigenvalue weighted by Crippen LogP contribution is -2.11. The van der Waals surface area contributed by atoms with Gasteiger partial charge in [-0.3, -0.25) is 0 Å². The number of para-hydroxylation sites is 1. The minimum atomic E-state index is 0.582. The largest absolute Gasteiger partial charge is 0.439 e. The van der Waals surface area contributed by atoms with Crippen molar-refractivity contribution in [2.75, 3.05) is 11.9 Å². The fourth-order valence-corrected chi connectivity index (χ4v) is 2.75. The Morgan fingerprint density at radius 2 is 1.65 bits per heavy atom. The summed E-state index contributed by atoms with van der Waals surface area (Å²) >= 11 is 0. The topological polar surface area (TPSA) is 51.1 Å². The molecule has 26 heavy (non-hydrogen) atoms. The van der Waals surface area contributed by atoms with Crippen molar-refractivity contribution >= 4 is 22.4 Å². The van der Waals surface area contributed by atoms with E-state index in [1.54, 1.807) is 12.5 Å². The van der Waals surface area contributed by atoms with Gasteiger partial charge in [-0.2, -0.15) is 0 Å². The normalized spacial score (nSPS) is 10.7. The number of aromatic nitrogens is 3. The zero-order valence-corrected chi connectivity index (χ0v) is 14.6. The Morgan fingerprint density at radius 1 is 0.846 bits per heavy atom. The second-order valence-electron chi connectivity index (χ2n) is 6.04. The molecule has 4 rings (SSSR count). The van der Waals surface area contributed by atoms with Gasteiger partial charge in [-0.05, 0) is 48.9 Å². The number of nitrogens with zero attached hydrogens (tertiary/aromatic N) is 4. The van der Waals surface area contributed by atoms with Gasteiger partial charge in [-0.25, -0.2) is 15.0 Å². The minimum Gasteiger partial charge on any atom is -0.439 e. The molecule has 0 spiro atoms. The zero-order chi connectivity index (χ0) is 17.9. The first-order chi connectivity index (χ1) is 12.7. The molecular formula is C21H18N4O. The molecule has 0 unspecified atom stereocenters. The van der Waals surface area contributed by atoms with E-state index in [0.29, 0.717) is 5.88 Å². The van der Waals surface area contributed by atoms with Crippen LogP contribution in [0.5, 0.6) is 11.6 Å². The lowest BCUT2D eigenvalue weighted by molar-refractivity contribution is 0.463. The molecule has 0 bridgehead atoms. The van der Waals surface area contributed by atoms with Crippen molar-refractivity contribution in [2.45, 2.75) is 6.92 Å². The van der Waals surface area contributed by atoms with Gasteiger partial charge in [0.05, 0.1) is 5.52 Å². The standard InChI is InChI=1S/C21H18N4O/c1-15-7-12-20(22-13-15)26-17-10-8-16(9-11-17)25(2)21-18-5-3-4-6-19(18)23-14-24-21/h3-14H,1-2H3. The number of pyridine rings is 1. The van der Waals surface area contributed by atoms with Crippen LogP contribution in [0.1, 0.15) is 5.56 Å². The van der Waals surface area contributed by atoms with Crippen LogP contribution in [-0.2, 0) is 0 Å². The monoisotopic (exact) mass is 342 g/mol. The van der Waals surface area contributed by atoms with E-state index in [-0.39, 0.29) is 0 Å². The van der Waals surface area contributed by atoms with Crippen LogP contribution in [-0.4, -0.2) is 22.0 Å². The Bertz CT molecular complexity index is 1020. The van der Waals surface area contributed by atoms with Crippen molar-refractivity contribution in [1.82, 2.24) is 15.0 Å². The quantitative estimate of drug-likeness (QED) is 0.528. The molecule has 0 fully saturated rings. The van der Waals surface area contributed by atoms with E-state index >= 15 is 0 Å². The first-order valence-corrected chi connectivity index (χ1v) is 8.35. The summed E-state index contributed by atoms with van der Waals surface area (Å²) in [7, 11) is 1.99. The number of rotatable bonds is 4.